The van der Waals surface area contributed by atoms with Gasteiger partial charge >= 0.3 is 0 Å². The Labute approximate surface area is 158 Å². The van der Waals surface area contributed by atoms with E-state index < -0.39 is 0 Å². The first kappa shape index (κ1) is 17.1. The highest BCUT2D eigenvalue weighted by atomic mass is 35.5. The summed E-state index contributed by atoms with van der Waals surface area (Å²) in [6.07, 6.45) is 5.86. The van der Waals surface area contributed by atoms with E-state index in [9.17, 15) is 0 Å². The lowest BCUT2D eigenvalue weighted by Crippen LogP contribution is -2.46. The minimum Gasteiger partial charge on any atom is -0.460 e. The van der Waals surface area contributed by atoms with Gasteiger partial charge in [0.2, 0.25) is 5.95 Å². The van der Waals surface area contributed by atoms with Gasteiger partial charge in [0.25, 0.3) is 0 Å². The van der Waals surface area contributed by atoms with E-state index in [0.717, 1.165) is 54.0 Å². The number of hydrogen-bond acceptors (Lipinski definition) is 5. The van der Waals surface area contributed by atoms with E-state index in [2.05, 4.69) is 20.2 Å². The van der Waals surface area contributed by atoms with Crippen molar-refractivity contribution in [3.8, 4) is 11.3 Å². The van der Waals surface area contributed by atoms with Crippen LogP contribution in [0.4, 0.5) is 5.95 Å². The summed E-state index contributed by atoms with van der Waals surface area (Å²) >= 11 is 5.94. The van der Waals surface area contributed by atoms with Gasteiger partial charge in [-0.25, -0.2) is 9.97 Å². The molecule has 1 fully saturated rings. The SMILES string of the molecule is Clc1ccc(-c2ccc(CN[C@@H]3CCCN(c4ncccn4)C3)o2)cc1. The molecule has 1 atom stereocenters. The van der Waals surface area contributed by atoms with Crippen molar-refractivity contribution in [1.29, 1.82) is 0 Å². The molecule has 1 aromatic carbocycles. The predicted molar refractivity (Wildman–Crippen MR) is 103 cm³/mol. The molecule has 1 saturated heterocycles. The number of hydrogen-bond donors (Lipinski definition) is 1. The maximum Gasteiger partial charge on any atom is 0.225 e. The van der Waals surface area contributed by atoms with Crippen LogP contribution in [0.15, 0.2) is 59.3 Å². The Bertz CT molecular complexity index is 835. The van der Waals surface area contributed by atoms with Crippen molar-refractivity contribution in [3.63, 3.8) is 0 Å². The van der Waals surface area contributed by atoms with Crippen molar-refractivity contribution < 1.29 is 4.42 Å². The molecule has 0 amide bonds. The molecule has 6 heteroatoms. The number of piperidine rings is 1. The average molecular weight is 369 g/mol. The molecule has 134 valence electrons. The number of furan rings is 1. The molecule has 0 bridgehead atoms. The van der Waals surface area contributed by atoms with Gasteiger partial charge in [0.15, 0.2) is 0 Å². The molecule has 0 radical (unpaired) electrons. The maximum absolute atomic E-state index is 5.97. The monoisotopic (exact) mass is 368 g/mol. The summed E-state index contributed by atoms with van der Waals surface area (Å²) < 4.78 is 5.97. The molecule has 26 heavy (non-hydrogen) atoms. The Hall–Kier alpha value is -2.37. The van der Waals surface area contributed by atoms with Gasteiger partial charge in [-0.05, 0) is 55.3 Å². The zero-order valence-corrected chi connectivity index (χ0v) is 15.2. The van der Waals surface area contributed by atoms with E-state index in [1.54, 1.807) is 12.4 Å². The van der Waals surface area contributed by atoms with Crippen LogP contribution in [-0.4, -0.2) is 29.1 Å². The van der Waals surface area contributed by atoms with Gasteiger partial charge in [-0.3, -0.25) is 0 Å². The Morgan fingerprint density at radius 1 is 1.12 bits per heavy atom. The van der Waals surface area contributed by atoms with Gasteiger partial charge in [0.1, 0.15) is 11.5 Å². The third-order valence-electron chi connectivity index (χ3n) is 4.61. The van der Waals surface area contributed by atoms with Crippen molar-refractivity contribution in [2.75, 3.05) is 18.0 Å². The predicted octanol–water partition coefficient (Wildman–Crippen LogP) is 4.15. The van der Waals surface area contributed by atoms with Crippen LogP contribution < -0.4 is 10.2 Å². The van der Waals surface area contributed by atoms with Crippen LogP contribution in [0.5, 0.6) is 0 Å². The minimum atomic E-state index is 0.400. The van der Waals surface area contributed by atoms with E-state index in [-0.39, 0.29) is 0 Å². The minimum absolute atomic E-state index is 0.400. The summed E-state index contributed by atoms with van der Waals surface area (Å²) in [5, 5.41) is 4.33. The topological polar surface area (TPSA) is 54.2 Å². The lowest BCUT2D eigenvalue weighted by molar-refractivity contribution is 0.395. The van der Waals surface area contributed by atoms with Gasteiger partial charge in [-0.2, -0.15) is 0 Å². The van der Waals surface area contributed by atoms with Crippen LogP contribution in [0.25, 0.3) is 11.3 Å². The zero-order chi connectivity index (χ0) is 17.8. The molecule has 1 N–H and O–H groups in total. The number of nitrogens with zero attached hydrogens (tertiary/aromatic N) is 3. The van der Waals surface area contributed by atoms with Crippen molar-refractivity contribution in [3.05, 3.63) is 65.6 Å². The molecular formula is C20H21ClN4O. The van der Waals surface area contributed by atoms with Gasteiger partial charge in [-0.1, -0.05) is 11.6 Å². The Morgan fingerprint density at radius 3 is 2.73 bits per heavy atom. The number of halogens is 1. The molecule has 1 aliphatic rings. The first-order valence-electron chi connectivity index (χ1n) is 8.88. The standard InChI is InChI=1S/C20H21ClN4O/c21-16-6-4-15(5-7-16)19-9-8-18(26-19)13-24-17-3-1-12-25(14-17)20-22-10-2-11-23-20/h2,4-11,17,24H,1,3,12-14H2/t17-/m1/s1. The number of nitrogens with one attached hydrogen (secondary N) is 1. The van der Waals surface area contributed by atoms with E-state index in [0.29, 0.717) is 12.6 Å². The van der Waals surface area contributed by atoms with Gasteiger partial charge in [0.05, 0.1) is 6.54 Å². The van der Waals surface area contributed by atoms with Crippen LogP contribution in [0.3, 0.4) is 0 Å². The highest BCUT2D eigenvalue weighted by Crippen LogP contribution is 2.24. The number of anilines is 1. The lowest BCUT2D eigenvalue weighted by atomic mass is 10.1. The largest absolute Gasteiger partial charge is 0.460 e. The highest BCUT2D eigenvalue weighted by Gasteiger charge is 2.21. The van der Waals surface area contributed by atoms with Gasteiger partial charge < -0.3 is 14.6 Å². The second-order valence-electron chi connectivity index (χ2n) is 6.49. The molecule has 2 aromatic heterocycles. The fourth-order valence-electron chi connectivity index (χ4n) is 3.27. The van der Waals surface area contributed by atoms with E-state index in [1.165, 1.54) is 0 Å². The Morgan fingerprint density at radius 2 is 1.92 bits per heavy atom. The molecule has 5 nitrogen and oxygen atoms in total. The summed E-state index contributed by atoms with van der Waals surface area (Å²) in [5.74, 6) is 2.60. The third-order valence-corrected chi connectivity index (χ3v) is 4.86. The van der Waals surface area contributed by atoms with Crippen LogP contribution in [0.2, 0.25) is 5.02 Å². The molecule has 0 unspecified atom stereocenters. The van der Waals surface area contributed by atoms with Crippen molar-refractivity contribution >= 4 is 17.5 Å². The summed E-state index contributed by atoms with van der Waals surface area (Å²) in [4.78, 5) is 11.0. The molecule has 0 saturated carbocycles. The first-order chi connectivity index (χ1) is 12.8. The summed E-state index contributed by atoms with van der Waals surface area (Å²) in [5.41, 5.74) is 1.03. The molecule has 3 heterocycles. The Kier molecular flexibility index (Phi) is 5.18. The van der Waals surface area contributed by atoms with Crippen LogP contribution in [0, 0.1) is 0 Å². The number of benzene rings is 1. The molecule has 0 aliphatic carbocycles. The normalized spacial score (nSPS) is 17.4. The first-order valence-corrected chi connectivity index (χ1v) is 9.26. The fraction of sp³-hybridized carbons (Fsp3) is 0.300. The van der Waals surface area contributed by atoms with Crippen LogP contribution in [-0.2, 0) is 6.54 Å². The van der Waals surface area contributed by atoms with E-state index in [4.69, 9.17) is 16.0 Å². The van der Waals surface area contributed by atoms with Crippen molar-refractivity contribution in [2.45, 2.75) is 25.4 Å². The third kappa shape index (κ3) is 4.06. The van der Waals surface area contributed by atoms with Crippen molar-refractivity contribution in [1.82, 2.24) is 15.3 Å². The molecule has 1 aliphatic heterocycles. The summed E-state index contributed by atoms with van der Waals surface area (Å²) in [6.45, 7) is 2.63. The molecule has 0 spiro atoms. The second kappa shape index (κ2) is 7.89. The van der Waals surface area contributed by atoms with Crippen LogP contribution in [0.1, 0.15) is 18.6 Å². The lowest BCUT2D eigenvalue weighted by Gasteiger charge is -2.33. The number of aromatic nitrogens is 2. The van der Waals surface area contributed by atoms with E-state index in [1.807, 2.05) is 42.5 Å². The van der Waals surface area contributed by atoms with Gasteiger partial charge in [0, 0.05) is 42.1 Å². The number of rotatable bonds is 5. The highest BCUT2D eigenvalue weighted by molar-refractivity contribution is 6.30. The van der Waals surface area contributed by atoms with Crippen LogP contribution >= 0.6 is 11.6 Å². The Balaban J connectivity index is 1.35. The summed E-state index contributed by atoms with van der Waals surface area (Å²) in [6, 6.07) is 14.0. The van der Waals surface area contributed by atoms with Gasteiger partial charge in [-0.15, -0.1) is 0 Å². The zero-order valence-electron chi connectivity index (χ0n) is 14.4. The fourth-order valence-corrected chi connectivity index (χ4v) is 3.39. The maximum atomic E-state index is 5.97. The average Bonchev–Trinajstić information content (AvgIpc) is 3.17. The smallest absolute Gasteiger partial charge is 0.225 e. The molecule has 4 rings (SSSR count). The summed E-state index contributed by atoms with van der Waals surface area (Å²) in [7, 11) is 0. The second-order valence-corrected chi connectivity index (χ2v) is 6.92. The molecular weight excluding hydrogens is 348 g/mol. The van der Waals surface area contributed by atoms with E-state index >= 15 is 0 Å². The molecule has 3 aromatic rings. The quantitative estimate of drug-likeness (QED) is 0.733. The van der Waals surface area contributed by atoms with Crippen molar-refractivity contribution in [2.24, 2.45) is 0 Å².